The van der Waals surface area contributed by atoms with Crippen LogP contribution in [0.3, 0.4) is 0 Å². The third-order valence-corrected chi connectivity index (χ3v) is 3.90. The van der Waals surface area contributed by atoms with Crippen molar-refractivity contribution in [2.24, 2.45) is 10.9 Å². The van der Waals surface area contributed by atoms with E-state index < -0.39 is 0 Å². The maximum Gasteiger partial charge on any atom is 0.205 e. The number of hydrogen-bond donors (Lipinski definition) is 2. The molecule has 3 N–H and O–H groups in total. The van der Waals surface area contributed by atoms with Crippen LogP contribution in [-0.4, -0.2) is 58.0 Å². The van der Waals surface area contributed by atoms with E-state index in [9.17, 15) is 0 Å². The van der Waals surface area contributed by atoms with Gasteiger partial charge in [-0.1, -0.05) is 12.1 Å². The molecule has 0 radical (unpaired) electrons. The van der Waals surface area contributed by atoms with Crippen LogP contribution in [0.15, 0.2) is 5.16 Å². The molecule has 7 nitrogen and oxygen atoms in total. The van der Waals surface area contributed by atoms with Crippen LogP contribution in [0, 0.1) is 0 Å². The number of nitrogens with two attached hydrogens (primary N) is 1. The van der Waals surface area contributed by atoms with E-state index in [2.05, 4.69) is 31.2 Å². The zero-order valence-electron chi connectivity index (χ0n) is 11.1. The summed E-state index contributed by atoms with van der Waals surface area (Å²) in [7, 11) is 0. The number of oxime groups is 1. The van der Waals surface area contributed by atoms with E-state index >= 15 is 0 Å². The highest BCUT2D eigenvalue weighted by atomic mass is 32.1. The fourth-order valence-electron chi connectivity index (χ4n) is 2.06. The first-order valence-corrected chi connectivity index (χ1v) is 7.26. The van der Waals surface area contributed by atoms with Gasteiger partial charge in [-0.15, -0.1) is 0 Å². The van der Waals surface area contributed by atoms with Crippen molar-refractivity contribution in [3.8, 4) is 0 Å². The van der Waals surface area contributed by atoms with Crippen molar-refractivity contribution in [2.45, 2.75) is 19.8 Å². The number of nitrogens with zero attached hydrogens (tertiary/aromatic N) is 5. The molecule has 8 heteroatoms. The number of aryl methyl sites for hydroxylation is 1. The second kappa shape index (κ2) is 6.67. The fourth-order valence-corrected chi connectivity index (χ4v) is 2.82. The number of rotatable bonds is 5. The third kappa shape index (κ3) is 3.77. The van der Waals surface area contributed by atoms with Gasteiger partial charge in [-0.25, -0.2) is 4.98 Å². The number of anilines is 1. The molecule has 0 aliphatic carbocycles. The van der Waals surface area contributed by atoms with Crippen molar-refractivity contribution < 1.29 is 5.21 Å². The first-order chi connectivity index (χ1) is 9.22. The summed E-state index contributed by atoms with van der Waals surface area (Å²) in [5, 5.41) is 12.6. The fraction of sp³-hybridized carbons (Fsp3) is 0.727. The molecule has 1 aromatic rings. The minimum atomic E-state index is 0.259. The van der Waals surface area contributed by atoms with Crippen molar-refractivity contribution in [3.63, 3.8) is 0 Å². The molecule has 2 heterocycles. The Hall–Kier alpha value is -1.41. The Morgan fingerprint density at radius 2 is 2.16 bits per heavy atom. The summed E-state index contributed by atoms with van der Waals surface area (Å²) < 4.78 is 4.36. The summed E-state index contributed by atoms with van der Waals surface area (Å²) in [5.74, 6) is 1.20. The van der Waals surface area contributed by atoms with Gasteiger partial charge in [0.15, 0.2) is 5.84 Å². The van der Waals surface area contributed by atoms with Crippen LogP contribution in [0.5, 0.6) is 0 Å². The van der Waals surface area contributed by atoms with Crippen molar-refractivity contribution in [2.75, 3.05) is 37.6 Å². The van der Waals surface area contributed by atoms with Gasteiger partial charge in [0.2, 0.25) is 5.13 Å². The van der Waals surface area contributed by atoms with E-state index in [1.165, 1.54) is 11.5 Å². The molecule has 0 aromatic carbocycles. The molecule has 19 heavy (non-hydrogen) atoms. The second-order valence-corrected chi connectivity index (χ2v) is 5.33. The third-order valence-electron chi connectivity index (χ3n) is 3.09. The van der Waals surface area contributed by atoms with Crippen molar-refractivity contribution in [1.29, 1.82) is 0 Å². The average molecular weight is 284 g/mol. The van der Waals surface area contributed by atoms with E-state index in [4.69, 9.17) is 10.9 Å². The Morgan fingerprint density at radius 3 is 2.79 bits per heavy atom. The van der Waals surface area contributed by atoms with Crippen LogP contribution in [0.1, 0.15) is 19.2 Å². The molecule has 0 unspecified atom stereocenters. The molecular weight excluding hydrogens is 264 g/mol. The van der Waals surface area contributed by atoms with Gasteiger partial charge >= 0.3 is 0 Å². The molecule has 1 saturated heterocycles. The monoisotopic (exact) mass is 284 g/mol. The van der Waals surface area contributed by atoms with Crippen LogP contribution in [0.25, 0.3) is 0 Å². The molecule has 2 rings (SSSR count). The van der Waals surface area contributed by atoms with Crippen LogP contribution in [0.4, 0.5) is 5.13 Å². The van der Waals surface area contributed by atoms with Crippen LogP contribution in [0.2, 0.25) is 0 Å². The lowest BCUT2D eigenvalue weighted by Gasteiger charge is -2.33. The SMILES string of the molecule is CCCc1nsc(N2CCN(CC(N)=NO)CC2)n1. The summed E-state index contributed by atoms with van der Waals surface area (Å²) in [6.07, 6.45) is 2.02. The molecule has 1 aliphatic rings. The Morgan fingerprint density at radius 1 is 1.42 bits per heavy atom. The highest BCUT2D eigenvalue weighted by Crippen LogP contribution is 2.19. The minimum Gasteiger partial charge on any atom is -0.409 e. The van der Waals surface area contributed by atoms with Crippen LogP contribution in [-0.2, 0) is 6.42 Å². The smallest absolute Gasteiger partial charge is 0.205 e. The summed E-state index contributed by atoms with van der Waals surface area (Å²) in [6, 6.07) is 0. The van der Waals surface area contributed by atoms with Gasteiger partial charge in [-0.05, 0) is 6.42 Å². The van der Waals surface area contributed by atoms with E-state index in [1.54, 1.807) is 0 Å². The predicted octanol–water partition coefficient (Wildman–Crippen LogP) is 0.359. The lowest BCUT2D eigenvalue weighted by molar-refractivity contribution is 0.278. The van der Waals surface area contributed by atoms with E-state index in [1.807, 2.05) is 0 Å². The largest absolute Gasteiger partial charge is 0.409 e. The highest BCUT2D eigenvalue weighted by molar-refractivity contribution is 7.09. The van der Waals surface area contributed by atoms with Crippen LogP contribution >= 0.6 is 11.5 Å². The maximum absolute atomic E-state index is 8.56. The van der Waals surface area contributed by atoms with Gasteiger partial charge in [0.25, 0.3) is 0 Å². The first-order valence-electron chi connectivity index (χ1n) is 6.49. The van der Waals surface area contributed by atoms with Crippen molar-refractivity contribution in [3.05, 3.63) is 5.82 Å². The highest BCUT2D eigenvalue weighted by Gasteiger charge is 2.20. The maximum atomic E-state index is 8.56. The van der Waals surface area contributed by atoms with E-state index in [0.717, 1.165) is 50.0 Å². The van der Waals surface area contributed by atoms with Crippen molar-refractivity contribution >= 4 is 22.5 Å². The summed E-state index contributed by atoms with van der Waals surface area (Å²) >= 11 is 1.47. The first kappa shape index (κ1) is 14.0. The molecule has 0 saturated carbocycles. The molecule has 0 spiro atoms. The zero-order chi connectivity index (χ0) is 13.7. The molecule has 1 fully saturated rings. The van der Waals surface area contributed by atoms with Gasteiger partial charge in [0.05, 0.1) is 6.54 Å². The average Bonchev–Trinajstić information content (AvgIpc) is 2.88. The van der Waals surface area contributed by atoms with Gasteiger partial charge in [0, 0.05) is 44.1 Å². The number of piperazine rings is 1. The predicted molar refractivity (Wildman–Crippen MR) is 76.0 cm³/mol. The Labute approximate surface area is 116 Å². The van der Waals surface area contributed by atoms with E-state index in [-0.39, 0.29) is 5.84 Å². The molecule has 1 aromatic heterocycles. The lowest BCUT2D eigenvalue weighted by Crippen LogP contribution is -2.48. The van der Waals surface area contributed by atoms with Gasteiger partial charge in [0.1, 0.15) is 5.82 Å². The molecular formula is C11H20N6OS. The van der Waals surface area contributed by atoms with Crippen LogP contribution < -0.4 is 10.6 Å². The number of hydrogen-bond acceptors (Lipinski definition) is 7. The zero-order valence-corrected chi connectivity index (χ0v) is 11.9. The summed E-state index contributed by atoms with van der Waals surface area (Å²) in [5.41, 5.74) is 5.51. The lowest BCUT2D eigenvalue weighted by atomic mass is 10.3. The Kier molecular flexibility index (Phi) is 4.92. The Balaban J connectivity index is 1.85. The summed E-state index contributed by atoms with van der Waals surface area (Å²) in [6.45, 7) is 6.23. The molecule has 0 bridgehead atoms. The van der Waals surface area contributed by atoms with Gasteiger partial charge in [-0.3, -0.25) is 4.90 Å². The molecule has 1 aliphatic heterocycles. The second-order valence-electron chi connectivity index (χ2n) is 4.60. The summed E-state index contributed by atoms with van der Waals surface area (Å²) in [4.78, 5) is 8.97. The Bertz CT molecular complexity index is 427. The molecule has 0 amide bonds. The topological polar surface area (TPSA) is 90.9 Å². The standard InChI is InChI=1S/C11H20N6OS/c1-2-3-10-13-11(19-15-10)17-6-4-16(5-7-17)8-9(12)14-18/h18H,2-8H2,1H3,(H2,12,14). The minimum absolute atomic E-state index is 0.259. The number of amidine groups is 1. The van der Waals surface area contributed by atoms with E-state index in [0.29, 0.717) is 6.54 Å². The number of aromatic nitrogens is 2. The van der Waals surface area contributed by atoms with Gasteiger partial charge < -0.3 is 15.8 Å². The van der Waals surface area contributed by atoms with Gasteiger partial charge in [-0.2, -0.15) is 4.37 Å². The molecule has 0 atom stereocenters. The quantitative estimate of drug-likeness (QED) is 0.351. The molecule has 106 valence electrons. The van der Waals surface area contributed by atoms with Crippen molar-refractivity contribution in [1.82, 2.24) is 14.3 Å². The normalized spacial score (nSPS) is 17.9.